The molecule has 3 aliphatic rings. The summed E-state index contributed by atoms with van der Waals surface area (Å²) in [7, 11) is 2.15. The quantitative estimate of drug-likeness (QED) is 0.716. The minimum atomic E-state index is -0.506. The molecule has 2 saturated heterocycles. The van der Waals surface area contributed by atoms with Crippen molar-refractivity contribution in [1.82, 2.24) is 20.1 Å². The Balaban J connectivity index is 1.57. The maximum Gasteiger partial charge on any atom is 0.410 e. The molecule has 3 aliphatic heterocycles. The average molecular weight is 456 g/mol. The molecule has 0 unspecified atom stereocenters. The summed E-state index contributed by atoms with van der Waals surface area (Å²) in [5.41, 5.74) is 3.34. The second-order valence-corrected chi connectivity index (χ2v) is 10.3. The average Bonchev–Trinajstić information content (AvgIpc) is 2.78. The molecule has 0 aliphatic carbocycles. The maximum absolute atomic E-state index is 12.5. The number of likely N-dealkylation sites (tertiary alicyclic amines) is 1. The van der Waals surface area contributed by atoms with Gasteiger partial charge in [-0.1, -0.05) is 0 Å². The molecule has 4 rings (SSSR count). The molecule has 2 N–H and O–H groups in total. The van der Waals surface area contributed by atoms with Crippen molar-refractivity contribution in [1.29, 1.82) is 5.26 Å². The van der Waals surface area contributed by atoms with Gasteiger partial charge in [0.15, 0.2) is 0 Å². The topological polar surface area (TPSA) is 96.8 Å². The van der Waals surface area contributed by atoms with Crippen molar-refractivity contribution in [2.75, 3.05) is 63.1 Å². The van der Waals surface area contributed by atoms with Crippen LogP contribution in [0, 0.1) is 11.3 Å². The number of ether oxygens (including phenoxy) is 1. The number of piperidine rings is 1. The first-order valence-corrected chi connectivity index (χ1v) is 12.1. The Bertz CT molecular complexity index is 905. The van der Waals surface area contributed by atoms with E-state index in [0.717, 1.165) is 50.3 Å². The zero-order chi connectivity index (χ0) is 23.6. The van der Waals surface area contributed by atoms with Crippen molar-refractivity contribution < 1.29 is 9.53 Å². The van der Waals surface area contributed by atoms with Gasteiger partial charge in [0.25, 0.3) is 0 Å². The monoisotopic (exact) mass is 455 g/mol. The first-order valence-electron chi connectivity index (χ1n) is 12.1. The fraction of sp³-hybridized carbons (Fsp3) is 0.708. The third-order valence-corrected chi connectivity index (χ3v) is 6.62. The minimum Gasteiger partial charge on any atom is -0.444 e. The standard InChI is InChI=1S/C24H37N7O2/c1-24(2,3)33-23(32)31-13-11-30(12-14-31)21-18-5-8-26-16-20(18)28-22(19(21)15-25)27-17-6-9-29(4)10-7-17/h17,26H,5-14,16H2,1-4H3,(H,27,28). The number of nitrogens with zero attached hydrogens (tertiary/aromatic N) is 5. The van der Waals surface area contributed by atoms with Crippen LogP contribution in [0.4, 0.5) is 16.3 Å². The maximum atomic E-state index is 12.5. The molecule has 2 fully saturated rings. The van der Waals surface area contributed by atoms with Crippen molar-refractivity contribution in [2.24, 2.45) is 0 Å². The van der Waals surface area contributed by atoms with Crippen LogP contribution in [-0.4, -0.2) is 85.4 Å². The second kappa shape index (κ2) is 9.74. The summed E-state index contributed by atoms with van der Waals surface area (Å²) in [6.45, 7) is 11.8. The van der Waals surface area contributed by atoms with Crippen LogP contribution in [-0.2, 0) is 17.7 Å². The highest BCUT2D eigenvalue weighted by Gasteiger charge is 2.31. The van der Waals surface area contributed by atoms with Crippen molar-refractivity contribution in [3.05, 3.63) is 16.8 Å². The number of piperazine rings is 1. The van der Waals surface area contributed by atoms with E-state index in [2.05, 4.69) is 33.6 Å². The first-order chi connectivity index (χ1) is 15.7. The number of hydrogen-bond donors (Lipinski definition) is 2. The van der Waals surface area contributed by atoms with Crippen molar-refractivity contribution in [2.45, 2.75) is 58.2 Å². The number of nitrogens with one attached hydrogen (secondary N) is 2. The number of carbonyl (C=O) groups excluding carboxylic acids is 1. The number of nitriles is 1. The predicted octanol–water partition coefficient (Wildman–Crippen LogP) is 2.16. The molecule has 1 amide bonds. The molecule has 4 heterocycles. The molecular formula is C24H37N7O2. The SMILES string of the molecule is CN1CCC(Nc2nc3c(c(N4CCN(C(=O)OC(C)(C)C)CC4)c2C#N)CCNC3)CC1. The van der Waals surface area contributed by atoms with Gasteiger partial charge in [-0.05, 0) is 66.7 Å². The Labute approximate surface area is 197 Å². The highest BCUT2D eigenvalue weighted by atomic mass is 16.6. The van der Waals surface area contributed by atoms with Gasteiger partial charge in [0, 0.05) is 44.3 Å². The normalized spacial score (nSPS) is 20.2. The molecule has 0 bridgehead atoms. The Kier molecular flexibility index (Phi) is 6.96. The van der Waals surface area contributed by atoms with Gasteiger partial charge in [0.1, 0.15) is 23.1 Å². The lowest BCUT2D eigenvalue weighted by atomic mass is 9.98. The van der Waals surface area contributed by atoms with E-state index in [1.807, 2.05) is 20.8 Å². The van der Waals surface area contributed by atoms with Crippen molar-refractivity contribution in [3.63, 3.8) is 0 Å². The van der Waals surface area contributed by atoms with Crippen LogP contribution in [0.1, 0.15) is 50.4 Å². The lowest BCUT2D eigenvalue weighted by Crippen LogP contribution is -2.50. The molecule has 1 aromatic rings. The van der Waals surface area contributed by atoms with Gasteiger partial charge in [-0.3, -0.25) is 0 Å². The summed E-state index contributed by atoms with van der Waals surface area (Å²) in [4.78, 5) is 23.8. The number of fused-ring (bicyclic) bond motifs is 1. The van der Waals surface area contributed by atoms with Crippen LogP contribution in [0.2, 0.25) is 0 Å². The van der Waals surface area contributed by atoms with Crippen LogP contribution in [0.3, 0.4) is 0 Å². The number of rotatable bonds is 3. The zero-order valence-electron chi connectivity index (χ0n) is 20.4. The summed E-state index contributed by atoms with van der Waals surface area (Å²) in [5, 5.41) is 17.2. The fourth-order valence-corrected chi connectivity index (χ4v) is 4.83. The van der Waals surface area contributed by atoms with Crippen LogP contribution in [0.15, 0.2) is 0 Å². The van der Waals surface area contributed by atoms with E-state index in [4.69, 9.17) is 9.72 Å². The number of anilines is 2. The van der Waals surface area contributed by atoms with Gasteiger partial charge in [-0.2, -0.15) is 5.26 Å². The first kappa shape index (κ1) is 23.6. The summed E-state index contributed by atoms with van der Waals surface area (Å²) < 4.78 is 5.55. The van der Waals surface area contributed by atoms with Gasteiger partial charge < -0.3 is 30.1 Å². The van der Waals surface area contributed by atoms with Crippen LogP contribution < -0.4 is 15.5 Å². The molecule has 1 aromatic heterocycles. The molecule has 9 heteroatoms. The molecule has 0 spiro atoms. The summed E-state index contributed by atoms with van der Waals surface area (Å²) >= 11 is 0. The third kappa shape index (κ3) is 5.50. The predicted molar refractivity (Wildman–Crippen MR) is 129 cm³/mol. The number of pyridine rings is 1. The van der Waals surface area contributed by atoms with Gasteiger partial charge in [0.2, 0.25) is 0 Å². The Morgan fingerprint density at radius 1 is 1.18 bits per heavy atom. The van der Waals surface area contributed by atoms with E-state index in [9.17, 15) is 10.1 Å². The van der Waals surface area contributed by atoms with E-state index in [1.165, 1.54) is 5.56 Å². The number of amides is 1. The van der Waals surface area contributed by atoms with Crippen LogP contribution in [0.5, 0.6) is 0 Å². The van der Waals surface area contributed by atoms with Crippen LogP contribution >= 0.6 is 0 Å². The molecule has 0 atom stereocenters. The fourth-order valence-electron chi connectivity index (χ4n) is 4.83. The third-order valence-electron chi connectivity index (χ3n) is 6.62. The Morgan fingerprint density at radius 2 is 1.88 bits per heavy atom. The Morgan fingerprint density at radius 3 is 2.52 bits per heavy atom. The number of hydrogen-bond acceptors (Lipinski definition) is 8. The van der Waals surface area contributed by atoms with Gasteiger partial charge in [-0.25, -0.2) is 9.78 Å². The molecule has 33 heavy (non-hydrogen) atoms. The molecule has 0 aromatic carbocycles. The summed E-state index contributed by atoms with van der Waals surface area (Å²) in [5.74, 6) is 0.707. The zero-order valence-corrected chi connectivity index (χ0v) is 20.4. The minimum absolute atomic E-state index is 0.270. The molecule has 0 saturated carbocycles. The van der Waals surface area contributed by atoms with E-state index >= 15 is 0 Å². The van der Waals surface area contributed by atoms with Crippen LogP contribution in [0.25, 0.3) is 0 Å². The molecule has 9 nitrogen and oxygen atoms in total. The van der Waals surface area contributed by atoms with Gasteiger partial charge in [0.05, 0.1) is 11.4 Å². The number of aromatic nitrogens is 1. The molecular weight excluding hydrogens is 418 g/mol. The Hall–Kier alpha value is -2.57. The van der Waals surface area contributed by atoms with E-state index in [1.54, 1.807) is 4.90 Å². The smallest absolute Gasteiger partial charge is 0.410 e. The second-order valence-electron chi connectivity index (χ2n) is 10.3. The lowest BCUT2D eigenvalue weighted by molar-refractivity contribution is 0.0240. The number of carbonyl (C=O) groups is 1. The molecule has 180 valence electrons. The lowest BCUT2D eigenvalue weighted by Gasteiger charge is -2.39. The van der Waals surface area contributed by atoms with Gasteiger partial charge >= 0.3 is 6.09 Å². The van der Waals surface area contributed by atoms with Crippen molar-refractivity contribution in [3.8, 4) is 6.07 Å². The largest absolute Gasteiger partial charge is 0.444 e. The highest BCUT2D eigenvalue weighted by molar-refractivity contribution is 5.75. The molecule has 0 radical (unpaired) electrons. The van der Waals surface area contributed by atoms with Crippen molar-refractivity contribution >= 4 is 17.6 Å². The summed E-state index contributed by atoms with van der Waals surface area (Å²) in [6.07, 6.45) is 2.67. The summed E-state index contributed by atoms with van der Waals surface area (Å²) in [6, 6.07) is 2.80. The van der Waals surface area contributed by atoms with E-state index in [-0.39, 0.29) is 6.09 Å². The van der Waals surface area contributed by atoms with E-state index < -0.39 is 5.60 Å². The van der Waals surface area contributed by atoms with Gasteiger partial charge in [-0.15, -0.1) is 0 Å². The highest BCUT2D eigenvalue weighted by Crippen LogP contribution is 2.35. The van der Waals surface area contributed by atoms with E-state index in [0.29, 0.717) is 50.1 Å².